The van der Waals surface area contributed by atoms with Gasteiger partial charge >= 0.3 is 0 Å². The molecule has 1 aliphatic heterocycles. The van der Waals surface area contributed by atoms with Crippen LogP contribution in [-0.2, 0) is 6.54 Å². The van der Waals surface area contributed by atoms with Gasteiger partial charge in [-0.3, -0.25) is 4.90 Å². The van der Waals surface area contributed by atoms with E-state index in [0.717, 1.165) is 18.5 Å². The Morgan fingerprint density at radius 2 is 2.00 bits per heavy atom. The van der Waals surface area contributed by atoms with E-state index in [1.807, 2.05) is 0 Å². The molecule has 1 saturated heterocycles. The number of hydrogen-bond acceptors (Lipinski definition) is 1. The summed E-state index contributed by atoms with van der Waals surface area (Å²) in [4.78, 5) is 2.64. The lowest BCUT2D eigenvalue weighted by atomic mass is 10.0. The average molecular weight is 203 g/mol. The molecule has 0 spiro atoms. The molecular formula is C14H21N. The first-order chi connectivity index (χ1) is 7.27. The lowest BCUT2D eigenvalue weighted by molar-refractivity contribution is 0.199. The van der Waals surface area contributed by atoms with Crippen LogP contribution >= 0.6 is 0 Å². The van der Waals surface area contributed by atoms with Crippen LogP contribution in [0.25, 0.3) is 0 Å². The van der Waals surface area contributed by atoms with E-state index in [9.17, 15) is 0 Å². The van der Waals surface area contributed by atoms with Gasteiger partial charge in [0.1, 0.15) is 0 Å². The lowest BCUT2D eigenvalue weighted by Crippen LogP contribution is -2.32. The van der Waals surface area contributed by atoms with Gasteiger partial charge in [-0.25, -0.2) is 0 Å². The zero-order valence-electron chi connectivity index (χ0n) is 9.82. The van der Waals surface area contributed by atoms with E-state index in [-0.39, 0.29) is 0 Å². The van der Waals surface area contributed by atoms with E-state index in [4.69, 9.17) is 0 Å². The molecule has 0 aliphatic carbocycles. The van der Waals surface area contributed by atoms with Crippen molar-refractivity contribution in [1.29, 1.82) is 0 Å². The molecule has 1 nitrogen and oxygen atoms in total. The minimum Gasteiger partial charge on any atom is -0.296 e. The second-order valence-corrected chi connectivity index (χ2v) is 4.91. The van der Waals surface area contributed by atoms with E-state index in [0.29, 0.717) is 0 Å². The summed E-state index contributed by atoms with van der Waals surface area (Å²) in [5.41, 5.74) is 1.45. The van der Waals surface area contributed by atoms with Gasteiger partial charge in [-0.15, -0.1) is 0 Å². The third-order valence-electron chi connectivity index (χ3n) is 3.41. The fourth-order valence-corrected chi connectivity index (χ4v) is 2.62. The van der Waals surface area contributed by atoms with Crippen molar-refractivity contribution >= 4 is 0 Å². The third kappa shape index (κ3) is 2.60. The van der Waals surface area contributed by atoms with Gasteiger partial charge in [-0.1, -0.05) is 44.2 Å². The molecule has 1 heterocycles. The molecule has 1 fully saturated rings. The SMILES string of the molecule is CC(C)C1CCCN1Cc1ccccc1. The van der Waals surface area contributed by atoms with Gasteiger partial charge in [0.05, 0.1) is 0 Å². The number of hydrogen-bond donors (Lipinski definition) is 0. The monoisotopic (exact) mass is 203 g/mol. The number of rotatable bonds is 3. The molecule has 1 atom stereocenters. The molecule has 0 N–H and O–H groups in total. The molecule has 1 heteroatoms. The van der Waals surface area contributed by atoms with Gasteiger partial charge in [-0.2, -0.15) is 0 Å². The summed E-state index contributed by atoms with van der Waals surface area (Å²) in [5.74, 6) is 0.788. The summed E-state index contributed by atoms with van der Waals surface area (Å²) in [6.07, 6.45) is 2.75. The van der Waals surface area contributed by atoms with Crippen molar-refractivity contribution in [3.05, 3.63) is 35.9 Å². The van der Waals surface area contributed by atoms with Crippen molar-refractivity contribution in [3.63, 3.8) is 0 Å². The molecule has 2 rings (SSSR count). The molecule has 0 aromatic heterocycles. The van der Waals surface area contributed by atoms with E-state index >= 15 is 0 Å². The quantitative estimate of drug-likeness (QED) is 0.728. The van der Waals surface area contributed by atoms with Crippen molar-refractivity contribution in [2.75, 3.05) is 6.54 Å². The maximum Gasteiger partial charge on any atom is 0.0236 e. The number of likely N-dealkylation sites (tertiary alicyclic amines) is 1. The Balaban J connectivity index is 2.00. The van der Waals surface area contributed by atoms with Crippen LogP contribution in [0.4, 0.5) is 0 Å². The van der Waals surface area contributed by atoms with Crippen molar-refractivity contribution in [3.8, 4) is 0 Å². The first kappa shape index (κ1) is 10.7. The molecule has 1 aromatic rings. The molecule has 1 aromatic carbocycles. The lowest BCUT2D eigenvalue weighted by Gasteiger charge is -2.27. The van der Waals surface area contributed by atoms with Gasteiger partial charge in [0, 0.05) is 12.6 Å². The topological polar surface area (TPSA) is 3.24 Å². The molecule has 1 unspecified atom stereocenters. The summed E-state index contributed by atoms with van der Waals surface area (Å²) in [6, 6.07) is 11.6. The van der Waals surface area contributed by atoms with E-state index < -0.39 is 0 Å². The van der Waals surface area contributed by atoms with Gasteiger partial charge in [-0.05, 0) is 30.9 Å². The van der Waals surface area contributed by atoms with Gasteiger partial charge in [0.15, 0.2) is 0 Å². The highest BCUT2D eigenvalue weighted by Crippen LogP contribution is 2.25. The van der Waals surface area contributed by atoms with Crippen molar-refractivity contribution in [1.82, 2.24) is 4.90 Å². The van der Waals surface area contributed by atoms with E-state index in [1.165, 1.54) is 24.9 Å². The highest BCUT2D eigenvalue weighted by Gasteiger charge is 2.26. The second kappa shape index (κ2) is 4.80. The largest absolute Gasteiger partial charge is 0.296 e. The average Bonchev–Trinajstić information content (AvgIpc) is 2.67. The Kier molecular flexibility index (Phi) is 3.42. The maximum absolute atomic E-state index is 2.64. The van der Waals surface area contributed by atoms with E-state index in [1.54, 1.807) is 0 Å². The zero-order chi connectivity index (χ0) is 10.7. The Morgan fingerprint density at radius 3 is 2.67 bits per heavy atom. The van der Waals surface area contributed by atoms with E-state index in [2.05, 4.69) is 49.1 Å². The van der Waals surface area contributed by atoms with Crippen LogP contribution in [0, 0.1) is 5.92 Å². The van der Waals surface area contributed by atoms with Crippen LogP contribution in [-0.4, -0.2) is 17.5 Å². The standard InChI is InChI=1S/C14H21N/c1-12(2)14-9-6-10-15(14)11-13-7-4-3-5-8-13/h3-5,7-8,12,14H,6,9-11H2,1-2H3. The summed E-state index contributed by atoms with van der Waals surface area (Å²) in [6.45, 7) is 7.09. The summed E-state index contributed by atoms with van der Waals surface area (Å²) >= 11 is 0. The minimum absolute atomic E-state index is 0.788. The summed E-state index contributed by atoms with van der Waals surface area (Å²) in [7, 11) is 0. The maximum atomic E-state index is 2.64. The second-order valence-electron chi connectivity index (χ2n) is 4.91. The molecule has 15 heavy (non-hydrogen) atoms. The first-order valence-corrected chi connectivity index (χ1v) is 6.05. The van der Waals surface area contributed by atoms with Crippen molar-refractivity contribution in [2.45, 2.75) is 39.3 Å². The Hall–Kier alpha value is -0.820. The first-order valence-electron chi connectivity index (χ1n) is 6.05. The molecule has 0 saturated carbocycles. The van der Waals surface area contributed by atoms with Crippen LogP contribution in [0.5, 0.6) is 0 Å². The third-order valence-corrected chi connectivity index (χ3v) is 3.41. The van der Waals surface area contributed by atoms with Crippen LogP contribution < -0.4 is 0 Å². The molecular weight excluding hydrogens is 182 g/mol. The Morgan fingerprint density at radius 1 is 1.27 bits per heavy atom. The number of benzene rings is 1. The molecule has 0 amide bonds. The fourth-order valence-electron chi connectivity index (χ4n) is 2.62. The molecule has 1 aliphatic rings. The van der Waals surface area contributed by atoms with Crippen LogP contribution in [0.2, 0.25) is 0 Å². The molecule has 82 valence electrons. The van der Waals surface area contributed by atoms with Gasteiger partial charge < -0.3 is 0 Å². The smallest absolute Gasteiger partial charge is 0.0236 e. The van der Waals surface area contributed by atoms with Crippen LogP contribution in [0.15, 0.2) is 30.3 Å². The highest BCUT2D eigenvalue weighted by atomic mass is 15.2. The van der Waals surface area contributed by atoms with Crippen LogP contribution in [0.1, 0.15) is 32.3 Å². The predicted octanol–water partition coefficient (Wildman–Crippen LogP) is 3.31. The summed E-state index contributed by atoms with van der Waals surface area (Å²) < 4.78 is 0. The predicted molar refractivity (Wildman–Crippen MR) is 64.7 cm³/mol. The molecule has 0 bridgehead atoms. The Bertz CT molecular complexity index is 291. The molecule has 0 radical (unpaired) electrons. The normalized spacial score (nSPS) is 22.5. The van der Waals surface area contributed by atoms with Crippen molar-refractivity contribution < 1.29 is 0 Å². The zero-order valence-corrected chi connectivity index (χ0v) is 9.82. The van der Waals surface area contributed by atoms with Crippen LogP contribution in [0.3, 0.4) is 0 Å². The minimum atomic E-state index is 0.788. The van der Waals surface area contributed by atoms with Gasteiger partial charge in [0.25, 0.3) is 0 Å². The van der Waals surface area contributed by atoms with Gasteiger partial charge in [0.2, 0.25) is 0 Å². The highest BCUT2D eigenvalue weighted by molar-refractivity contribution is 5.14. The Labute approximate surface area is 93.1 Å². The number of nitrogens with zero attached hydrogens (tertiary/aromatic N) is 1. The fraction of sp³-hybridized carbons (Fsp3) is 0.571. The van der Waals surface area contributed by atoms with Crippen molar-refractivity contribution in [2.24, 2.45) is 5.92 Å². The summed E-state index contributed by atoms with van der Waals surface area (Å²) in [5, 5.41) is 0.